The molecule has 4 heteroatoms. The van der Waals surface area contributed by atoms with Crippen molar-refractivity contribution in [1.29, 1.82) is 0 Å². The Balaban J connectivity index is 1.46. The Morgan fingerprint density at radius 2 is 2.14 bits per heavy atom. The van der Waals surface area contributed by atoms with Gasteiger partial charge in [-0.05, 0) is 37.0 Å². The number of anilines is 1. The predicted octanol–water partition coefficient (Wildman–Crippen LogP) is 2.50. The van der Waals surface area contributed by atoms with Crippen molar-refractivity contribution in [3.8, 4) is 0 Å². The first kappa shape index (κ1) is 14.8. The first-order valence-corrected chi connectivity index (χ1v) is 8.01. The molecule has 2 fully saturated rings. The van der Waals surface area contributed by atoms with Gasteiger partial charge in [-0.25, -0.2) is 0 Å². The molecule has 1 aromatic carbocycles. The molecular formula is C17H26N2O2. The van der Waals surface area contributed by atoms with Crippen molar-refractivity contribution in [2.24, 2.45) is 0 Å². The molecule has 1 unspecified atom stereocenters. The smallest absolute Gasteiger partial charge is 0.0718 e. The molecule has 116 valence electrons. The summed E-state index contributed by atoms with van der Waals surface area (Å²) in [4.78, 5) is 2.63. The molecule has 1 aromatic rings. The van der Waals surface area contributed by atoms with Gasteiger partial charge >= 0.3 is 0 Å². The molecule has 0 radical (unpaired) electrons. The minimum Gasteiger partial charge on any atom is -0.382 e. The molecule has 4 nitrogen and oxygen atoms in total. The summed E-state index contributed by atoms with van der Waals surface area (Å²) >= 11 is 0. The Hall–Kier alpha value is -1.10. The molecule has 1 heterocycles. The lowest BCUT2D eigenvalue weighted by atomic mass is 10.2. The highest BCUT2D eigenvalue weighted by Gasteiger charge is 2.34. The van der Waals surface area contributed by atoms with Crippen LogP contribution >= 0.6 is 0 Å². The second-order valence-corrected chi connectivity index (χ2v) is 6.10. The Morgan fingerprint density at radius 3 is 2.95 bits per heavy atom. The summed E-state index contributed by atoms with van der Waals surface area (Å²) < 4.78 is 10.6. The van der Waals surface area contributed by atoms with E-state index in [1.54, 1.807) is 7.11 Å². The zero-order valence-electron chi connectivity index (χ0n) is 12.9. The van der Waals surface area contributed by atoms with Crippen molar-refractivity contribution in [3.63, 3.8) is 0 Å². The molecule has 1 aliphatic heterocycles. The van der Waals surface area contributed by atoms with Crippen LogP contribution in [0.25, 0.3) is 0 Å². The standard InChI is InChI=1S/C17H26N2O2/c1-20-9-10-21-13-14-3-2-4-15(11-14)18-16-7-8-19(12-16)17-5-6-17/h2-4,11,16-18H,5-10,12-13H2,1H3. The summed E-state index contributed by atoms with van der Waals surface area (Å²) in [5.41, 5.74) is 2.43. The summed E-state index contributed by atoms with van der Waals surface area (Å²) in [6.45, 7) is 4.39. The predicted molar refractivity (Wildman–Crippen MR) is 84.6 cm³/mol. The van der Waals surface area contributed by atoms with E-state index < -0.39 is 0 Å². The molecule has 1 atom stereocenters. The SMILES string of the molecule is COCCOCc1cccc(NC2CCN(C3CC3)C2)c1. The zero-order chi connectivity index (χ0) is 14.5. The fraction of sp³-hybridized carbons (Fsp3) is 0.647. The van der Waals surface area contributed by atoms with E-state index in [0.717, 1.165) is 6.04 Å². The van der Waals surface area contributed by atoms with E-state index in [9.17, 15) is 0 Å². The van der Waals surface area contributed by atoms with Gasteiger partial charge in [0.05, 0.1) is 19.8 Å². The molecule has 2 aliphatic rings. The third-order valence-corrected chi connectivity index (χ3v) is 4.28. The number of nitrogens with zero attached hydrogens (tertiary/aromatic N) is 1. The van der Waals surface area contributed by atoms with E-state index >= 15 is 0 Å². The maximum absolute atomic E-state index is 5.58. The van der Waals surface area contributed by atoms with Crippen LogP contribution in [0.2, 0.25) is 0 Å². The van der Waals surface area contributed by atoms with Crippen LogP contribution in [-0.4, -0.2) is 50.4 Å². The molecule has 0 bridgehead atoms. The number of rotatable bonds is 8. The van der Waals surface area contributed by atoms with Gasteiger partial charge in [-0.2, -0.15) is 0 Å². The average molecular weight is 290 g/mol. The lowest BCUT2D eigenvalue weighted by Gasteiger charge is -2.17. The minimum atomic E-state index is 0.593. The van der Waals surface area contributed by atoms with Gasteiger partial charge in [0.15, 0.2) is 0 Å². The highest BCUT2D eigenvalue weighted by molar-refractivity contribution is 5.46. The number of hydrogen-bond donors (Lipinski definition) is 1. The summed E-state index contributed by atoms with van der Waals surface area (Å²) in [7, 11) is 1.69. The number of hydrogen-bond acceptors (Lipinski definition) is 4. The van der Waals surface area contributed by atoms with Crippen LogP contribution < -0.4 is 5.32 Å². The summed E-state index contributed by atoms with van der Waals surface area (Å²) in [5, 5.41) is 3.67. The van der Waals surface area contributed by atoms with Crippen molar-refractivity contribution in [2.45, 2.75) is 38.0 Å². The summed E-state index contributed by atoms with van der Waals surface area (Å²) in [6.07, 6.45) is 4.06. The Morgan fingerprint density at radius 1 is 1.24 bits per heavy atom. The molecule has 1 saturated carbocycles. The number of likely N-dealkylation sites (tertiary alicyclic amines) is 1. The zero-order valence-corrected chi connectivity index (χ0v) is 12.9. The molecule has 1 saturated heterocycles. The lowest BCUT2D eigenvalue weighted by molar-refractivity contribution is 0.0617. The maximum atomic E-state index is 5.58. The third-order valence-electron chi connectivity index (χ3n) is 4.28. The second kappa shape index (κ2) is 7.25. The summed E-state index contributed by atoms with van der Waals surface area (Å²) in [5.74, 6) is 0. The number of nitrogens with one attached hydrogen (secondary N) is 1. The number of benzene rings is 1. The highest BCUT2D eigenvalue weighted by atomic mass is 16.5. The second-order valence-electron chi connectivity index (χ2n) is 6.10. The van der Waals surface area contributed by atoms with E-state index in [0.29, 0.717) is 25.9 Å². The largest absolute Gasteiger partial charge is 0.382 e. The molecule has 21 heavy (non-hydrogen) atoms. The number of methoxy groups -OCH3 is 1. The average Bonchev–Trinajstić information content (AvgIpc) is 3.25. The third kappa shape index (κ3) is 4.43. The lowest BCUT2D eigenvalue weighted by Crippen LogP contribution is -2.27. The van der Waals surface area contributed by atoms with E-state index in [1.165, 1.54) is 43.6 Å². The summed E-state index contributed by atoms with van der Waals surface area (Å²) in [6, 6.07) is 10.0. The molecule has 0 spiro atoms. The molecule has 0 aromatic heterocycles. The molecular weight excluding hydrogens is 264 g/mol. The fourth-order valence-electron chi connectivity index (χ4n) is 3.00. The normalized spacial score (nSPS) is 22.6. The van der Waals surface area contributed by atoms with Crippen molar-refractivity contribution >= 4 is 5.69 Å². The van der Waals surface area contributed by atoms with Crippen molar-refractivity contribution < 1.29 is 9.47 Å². The van der Waals surface area contributed by atoms with E-state index in [1.807, 2.05) is 0 Å². The van der Waals surface area contributed by atoms with E-state index in [2.05, 4.69) is 34.5 Å². The Bertz CT molecular complexity index is 448. The molecule has 1 aliphatic carbocycles. The van der Waals surface area contributed by atoms with Crippen molar-refractivity contribution in [3.05, 3.63) is 29.8 Å². The van der Waals surface area contributed by atoms with Gasteiger partial charge in [-0.3, -0.25) is 4.90 Å². The molecule has 3 rings (SSSR count). The monoisotopic (exact) mass is 290 g/mol. The van der Waals surface area contributed by atoms with Crippen LogP contribution in [0.4, 0.5) is 5.69 Å². The topological polar surface area (TPSA) is 33.7 Å². The molecule has 1 N–H and O–H groups in total. The van der Waals surface area contributed by atoms with Crippen LogP contribution in [0.3, 0.4) is 0 Å². The van der Waals surface area contributed by atoms with Crippen molar-refractivity contribution in [1.82, 2.24) is 4.90 Å². The van der Waals surface area contributed by atoms with Gasteiger partial charge in [-0.15, -0.1) is 0 Å². The first-order valence-electron chi connectivity index (χ1n) is 8.01. The van der Waals surface area contributed by atoms with Gasteiger partial charge < -0.3 is 14.8 Å². The van der Waals surface area contributed by atoms with Crippen LogP contribution in [0.5, 0.6) is 0 Å². The van der Waals surface area contributed by atoms with Crippen LogP contribution in [0.15, 0.2) is 24.3 Å². The highest BCUT2D eigenvalue weighted by Crippen LogP contribution is 2.30. The van der Waals surface area contributed by atoms with Gasteiger partial charge in [0.2, 0.25) is 0 Å². The van der Waals surface area contributed by atoms with Crippen molar-refractivity contribution in [2.75, 3.05) is 38.7 Å². The maximum Gasteiger partial charge on any atom is 0.0718 e. The first-order chi connectivity index (χ1) is 10.3. The van der Waals surface area contributed by atoms with E-state index in [4.69, 9.17) is 9.47 Å². The van der Waals surface area contributed by atoms with E-state index in [-0.39, 0.29) is 0 Å². The van der Waals surface area contributed by atoms with Gasteiger partial charge in [0, 0.05) is 38.0 Å². The minimum absolute atomic E-state index is 0.593. The quantitative estimate of drug-likeness (QED) is 0.746. The van der Waals surface area contributed by atoms with Crippen LogP contribution in [0, 0.1) is 0 Å². The van der Waals surface area contributed by atoms with Gasteiger partial charge in [0.25, 0.3) is 0 Å². The fourth-order valence-corrected chi connectivity index (χ4v) is 3.00. The Kier molecular flexibility index (Phi) is 5.12. The van der Waals surface area contributed by atoms with Crippen LogP contribution in [0.1, 0.15) is 24.8 Å². The van der Waals surface area contributed by atoms with Gasteiger partial charge in [0.1, 0.15) is 0 Å². The molecule has 0 amide bonds. The number of ether oxygens (including phenoxy) is 2. The van der Waals surface area contributed by atoms with Crippen LogP contribution in [-0.2, 0) is 16.1 Å². The van der Waals surface area contributed by atoms with Gasteiger partial charge in [-0.1, -0.05) is 12.1 Å². The Labute approximate surface area is 127 Å².